The molecule has 1 amide bonds. The van der Waals surface area contributed by atoms with Crippen molar-refractivity contribution in [1.82, 2.24) is 4.98 Å². The van der Waals surface area contributed by atoms with E-state index < -0.39 is 0 Å². The fourth-order valence-electron chi connectivity index (χ4n) is 2.19. The molecular formula is C15H13N3O3S2. The van der Waals surface area contributed by atoms with E-state index >= 15 is 0 Å². The quantitative estimate of drug-likeness (QED) is 0.787. The van der Waals surface area contributed by atoms with Crippen molar-refractivity contribution in [3.63, 3.8) is 0 Å². The van der Waals surface area contributed by atoms with Gasteiger partial charge in [0.2, 0.25) is 6.79 Å². The Hall–Kier alpha value is -2.32. The number of rotatable bonds is 3. The molecule has 6 nitrogen and oxygen atoms in total. The smallest absolute Gasteiger partial charge is 0.265 e. The Morgan fingerprint density at radius 3 is 2.83 bits per heavy atom. The van der Waals surface area contributed by atoms with Gasteiger partial charge in [-0.15, -0.1) is 11.3 Å². The monoisotopic (exact) mass is 347 g/mol. The second kappa shape index (κ2) is 5.39. The summed E-state index contributed by atoms with van der Waals surface area (Å²) in [5.74, 6) is 1.19. The number of nitrogens with one attached hydrogen (secondary N) is 1. The number of anilines is 2. The lowest BCUT2D eigenvalue weighted by molar-refractivity contribution is 0.103. The van der Waals surface area contributed by atoms with E-state index in [4.69, 9.17) is 9.47 Å². The number of fused-ring (bicyclic) bond motifs is 2. The molecule has 1 aromatic carbocycles. The number of thiophene rings is 1. The van der Waals surface area contributed by atoms with Gasteiger partial charge in [-0.1, -0.05) is 11.3 Å². The number of nitrogens with zero attached hydrogens (tertiary/aromatic N) is 2. The molecule has 3 heterocycles. The van der Waals surface area contributed by atoms with Crippen LogP contribution in [-0.4, -0.2) is 31.8 Å². The van der Waals surface area contributed by atoms with Crippen LogP contribution in [0.15, 0.2) is 24.3 Å². The van der Waals surface area contributed by atoms with Gasteiger partial charge >= 0.3 is 0 Å². The average Bonchev–Trinajstić information content (AvgIpc) is 3.20. The van der Waals surface area contributed by atoms with Crippen molar-refractivity contribution in [2.24, 2.45) is 0 Å². The molecule has 23 heavy (non-hydrogen) atoms. The second-order valence-corrected chi connectivity index (χ2v) is 7.23. The molecule has 0 saturated heterocycles. The molecule has 0 atom stereocenters. The highest BCUT2D eigenvalue weighted by molar-refractivity contribution is 7.29. The average molecular weight is 347 g/mol. The lowest BCUT2D eigenvalue weighted by Gasteiger charge is -2.05. The van der Waals surface area contributed by atoms with Crippen LogP contribution in [0.5, 0.6) is 11.5 Å². The van der Waals surface area contributed by atoms with Crippen LogP contribution < -0.4 is 19.7 Å². The van der Waals surface area contributed by atoms with E-state index in [0.29, 0.717) is 22.1 Å². The Labute approximate surface area is 140 Å². The zero-order chi connectivity index (χ0) is 16.0. The van der Waals surface area contributed by atoms with E-state index in [0.717, 1.165) is 14.7 Å². The van der Waals surface area contributed by atoms with Crippen molar-refractivity contribution in [3.8, 4) is 11.5 Å². The molecule has 0 bridgehead atoms. The minimum Gasteiger partial charge on any atom is -0.454 e. The number of benzene rings is 1. The first-order valence-corrected chi connectivity index (χ1v) is 8.52. The Kier molecular flexibility index (Phi) is 3.35. The van der Waals surface area contributed by atoms with Crippen LogP contribution in [0, 0.1) is 0 Å². The van der Waals surface area contributed by atoms with E-state index in [1.165, 1.54) is 11.3 Å². The minimum atomic E-state index is -0.148. The Bertz CT molecular complexity index is 869. The van der Waals surface area contributed by atoms with Crippen molar-refractivity contribution in [2.75, 3.05) is 31.1 Å². The van der Waals surface area contributed by atoms with Gasteiger partial charge in [0, 0.05) is 25.8 Å². The first-order chi connectivity index (χ1) is 11.1. The molecule has 0 aliphatic carbocycles. The van der Waals surface area contributed by atoms with Gasteiger partial charge < -0.3 is 19.7 Å². The minimum absolute atomic E-state index is 0.148. The van der Waals surface area contributed by atoms with Gasteiger partial charge in [0.25, 0.3) is 5.91 Å². The van der Waals surface area contributed by atoms with Crippen molar-refractivity contribution >= 4 is 48.9 Å². The molecule has 8 heteroatoms. The molecule has 1 N–H and O–H groups in total. The summed E-state index contributed by atoms with van der Waals surface area (Å²) in [7, 11) is 3.91. The van der Waals surface area contributed by atoms with Crippen LogP contribution in [0.2, 0.25) is 0 Å². The highest BCUT2D eigenvalue weighted by Gasteiger charge is 2.17. The molecule has 1 aliphatic rings. The molecular weight excluding hydrogens is 334 g/mol. The highest BCUT2D eigenvalue weighted by Crippen LogP contribution is 2.36. The zero-order valence-corrected chi connectivity index (χ0v) is 14.1. The van der Waals surface area contributed by atoms with Gasteiger partial charge in [0.05, 0.1) is 9.58 Å². The lowest BCUT2D eigenvalue weighted by Crippen LogP contribution is -2.10. The summed E-state index contributed by atoms with van der Waals surface area (Å²) in [5, 5.41) is 3.82. The zero-order valence-electron chi connectivity index (χ0n) is 12.5. The number of hydrogen-bond acceptors (Lipinski definition) is 7. The fraction of sp³-hybridized carbons (Fsp3) is 0.200. The van der Waals surface area contributed by atoms with Crippen molar-refractivity contribution in [3.05, 3.63) is 29.1 Å². The number of amides is 1. The van der Waals surface area contributed by atoms with E-state index in [1.54, 1.807) is 29.5 Å². The van der Waals surface area contributed by atoms with Gasteiger partial charge in [0.15, 0.2) is 16.6 Å². The van der Waals surface area contributed by atoms with Crippen molar-refractivity contribution < 1.29 is 14.3 Å². The topological polar surface area (TPSA) is 63.7 Å². The van der Waals surface area contributed by atoms with Crippen LogP contribution in [-0.2, 0) is 0 Å². The lowest BCUT2D eigenvalue weighted by atomic mass is 10.2. The third kappa shape index (κ3) is 2.60. The summed E-state index contributed by atoms with van der Waals surface area (Å²) in [6.07, 6.45) is 0. The van der Waals surface area contributed by atoms with Gasteiger partial charge in [-0.2, -0.15) is 0 Å². The SMILES string of the molecule is CN(C)c1nc2sc(C(=O)Nc3ccc4c(c3)OCO4)cc2s1. The summed E-state index contributed by atoms with van der Waals surface area (Å²) in [4.78, 5) is 20.4. The number of carbonyl (C=O) groups is 1. The largest absolute Gasteiger partial charge is 0.454 e. The number of aromatic nitrogens is 1. The van der Waals surface area contributed by atoms with Crippen LogP contribution in [0.1, 0.15) is 9.67 Å². The van der Waals surface area contributed by atoms with Gasteiger partial charge in [-0.05, 0) is 18.2 Å². The maximum Gasteiger partial charge on any atom is 0.265 e. The standard InChI is InChI=1S/C15H13N3O3S2/c1-18(2)15-17-14-12(23-15)6-11(22-14)13(19)16-8-3-4-9-10(5-8)21-7-20-9/h3-6H,7H2,1-2H3,(H,16,19). The van der Waals surface area contributed by atoms with Crippen LogP contribution in [0.25, 0.3) is 9.53 Å². The number of hydrogen-bond donors (Lipinski definition) is 1. The Balaban J connectivity index is 1.55. The molecule has 0 radical (unpaired) electrons. The van der Waals surface area contributed by atoms with Gasteiger partial charge in [-0.25, -0.2) is 4.98 Å². The normalized spacial score (nSPS) is 12.6. The molecule has 3 aromatic rings. The summed E-state index contributed by atoms with van der Waals surface area (Å²) >= 11 is 2.97. The first kappa shape index (κ1) is 14.3. The summed E-state index contributed by atoms with van der Waals surface area (Å²) in [6.45, 7) is 0.216. The van der Waals surface area contributed by atoms with Gasteiger partial charge in [-0.3, -0.25) is 4.79 Å². The Morgan fingerprint density at radius 1 is 1.22 bits per heavy atom. The number of ether oxygens (including phenoxy) is 2. The van der Waals surface area contributed by atoms with E-state index in [2.05, 4.69) is 10.3 Å². The first-order valence-electron chi connectivity index (χ1n) is 6.89. The van der Waals surface area contributed by atoms with Crippen LogP contribution >= 0.6 is 22.7 Å². The van der Waals surface area contributed by atoms with E-state index in [1.807, 2.05) is 25.1 Å². The van der Waals surface area contributed by atoms with Crippen LogP contribution in [0.3, 0.4) is 0 Å². The van der Waals surface area contributed by atoms with Crippen molar-refractivity contribution in [2.45, 2.75) is 0 Å². The molecule has 0 unspecified atom stereocenters. The van der Waals surface area contributed by atoms with Gasteiger partial charge in [0.1, 0.15) is 4.83 Å². The summed E-state index contributed by atoms with van der Waals surface area (Å²) in [5.41, 5.74) is 0.679. The van der Waals surface area contributed by atoms with Crippen molar-refractivity contribution in [1.29, 1.82) is 0 Å². The highest BCUT2D eigenvalue weighted by atomic mass is 32.1. The molecule has 2 aromatic heterocycles. The second-order valence-electron chi connectivity index (χ2n) is 5.19. The maximum absolute atomic E-state index is 12.4. The molecule has 0 saturated carbocycles. The van der Waals surface area contributed by atoms with Crippen LogP contribution in [0.4, 0.5) is 10.8 Å². The molecule has 0 spiro atoms. The summed E-state index contributed by atoms with van der Waals surface area (Å²) < 4.78 is 11.6. The predicted octanol–water partition coefficient (Wildman–Crippen LogP) is 3.40. The number of carbonyl (C=O) groups excluding carboxylic acids is 1. The molecule has 4 rings (SSSR count). The third-order valence-corrected chi connectivity index (χ3v) is 5.64. The molecule has 118 valence electrons. The summed E-state index contributed by atoms with van der Waals surface area (Å²) in [6, 6.07) is 7.23. The number of thiazole rings is 1. The fourth-order valence-corrected chi connectivity index (χ4v) is 4.22. The maximum atomic E-state index is 12.4. The third-order valence-electron chi connectivity index (χ3n) is 3.31. The van der Waals surface area contributed by atoms with E-state index in [9.17, 15) is 4.79 Å². The van der Waals surface area contributed by atoms with E-state index in [-0.39, 0.29) is 12.7 Å². The Morgan fingerprint density at radius 2 is 2.04 bits per heavy atom. The predicted molar refractivity (Wildman–Crippen MR) is 92.3 cm³/mol. The molecule has 0 fully saturated rings. The molecule has 1 aliphatic heterocycles.